The normalized spacial score (nSPS) is 27.0. The highest BCUT2D eigenvalue weighted by Gasteiger charge is 2.39. The maximum Gasteiger partial charge on any atom is 0.277 e. The van der Waals surface area contributed by atoms with Gasteiger partial charge in [-0.1, -0.05) is 30.3 Å². The Bertz CT molecular complexity index is 338. The number of hydrogen-bond acceptors (Lipinski definition) is 3. The van der Waals surface area contributed by atoms with Crippen molar-refractivity contribution in [3.63, 3.8) is 0 Å². The predicted molar refractivity (Wildman–Crippen MR) is 49.0 cm³/mol. The van der Waals surface area contributed by atoms with Crippen molar-refractivity contribution in [3.05, 3.63) is 35.9 Å². The first-order valence-electron chi connectivity index (χ1n) is 4.37. The van der Waals surface area contributed by atoms with Crippen LogP contribution in [0.5, 0.6) is 0 Å². The number of benzene rings is 1. The molecule has 1 saturated heterocycles. The number of nitrogens with zero attached hydrogens (tertiary/aromatic N) is 1. The molecule has 14 heavy (non-hydrogen) atoms. The predicted octanol–water partition coefficient (Wildman–Crippen LogP) is 0.492. The zero-order valence-corrected chi connectivity index (χ0v) is 7.75. The molecular formula is C10H11NO3. The van der Waals surface area contributed by atoms with E-state index in [1.54, 1.807) is 0 Å². The number of hydroxylamine groups is 2. The summed E-state index contributed by atoms with van der Waals surface area (Å²) in [5.41, 5.74) is 0.803. The molecule has 0 bridgehead atoms. The van der Waals surface area contributed by atoms with Gasteiger partial charge in [-0.25, -0.2) is 5.06 Å². The zero-order valence-electron chi connectivity index (χ0n) is 7.75. The molecule has 1 heterocycles. The molecule has 4 heteroatoms. The van der Waals surface area contributed by atoms with Gasteiger partial charge < -0.3 is 5.11 Å². The molecule has 2 rings (SSSR count). The van der Waals surface area contributed by atoms with Gasteiger partial charge in [0.25, 0.3) is 5.91 Å². The Morgan fingerprint density at radius 2 is 2.00 bits per heavy atom. The molecule has 1 amide bonds. The number of rotatable bonds is 1. The van der Waals surface area contributed by atoms with Crippen molar-refractivity contribution in [2.45, 2.75) is 12.2 Å². The maximum atomic E-state index is 11.2. The molecule has 0 aliphatic carbocycles. The highest BCUT2D eigenvalue weighted by atomic mass is 16.7. The van der Waals surface area contributed by atoms with Gasteiger partial charge in [-0.3, -0.25) is 9.63 Å². The Kier molecular flexibility index (Phi) is 2.23. The number of carbonyl (C=O) groups is 1. The first-order valence-corrected chi connectivity index (χ1v) is 4.37. The van der Waals surface area contributed by atoms with Crippen LogP contribution < -0.4 is 0 Å². The van der Waals surface area contributed by atoms with Crippen LogP contribution in [0.1, 0.15) is 11.7 Å². The highest BCUT2D eigenvalue weighted by molar-refractivity contribution is 5.81. The molecule has 0 unspecified atom stereocenters. The van der Waals surface area contributed by atoms with Crippen molar-refractivity contribution in [1.29, 1.82) is 0 Å². The molecule has 2 atom stereocenters. The molecule has 1 N–H and O–H groups in total. The summed E-state index contributed by atoms with van der Waals surface area (Å²) in [7, 11) is 1.49. The summed E-state index contributed by atoms with van der Waals surface area (Å²) in [6.07, 6.45) is -1.67. The van der Waals surface area contributed by atoms with Crippen molar-refractivity contribution < 1.29 is 14.7 Å². The van der Waals surface area contributed by atoms with Crippen LogP contribution in [0.2, 0.25) is 0 Å². The van der Waals surface area contributed by atoms with Gasteiger partial charge in [0.05, 0.1) is 0 Å². The smallest absolute Gasteiger partial charge is 0.277 e. The monoisotopic (exact) mass is 193 g/mol. The number of amides is 1. The largest absolute Gasteiger partial charge is 0.380 e. The Balaban J connectivity index is 2.26. The molecular weight excluding hydrogens is 182 g/mol. The molecule has 0 spiro atoms. The van der Waals surface area contributed by atoms with E-state index in [2.05, 4.69) is 0 Å². The van der Waals surface area contributed by atoms with Crippen LogP contribution in [-0.4, -0.2) is 29.2 Å². The molecule has 1 aromatic carbocycles. The number of aliphatic hydroxyl groups excluding tert-OH is 1. The van der Waals surface area contributed by atoms with E-state index in [4.69, 9.17) is 4.84 Å². The van der Waals surface area contributed by atoms with E-state index in [-0.39, 0.29) is 0 Å². The molecule has 1 aliphatic heterocycles. The van der Waals surface area contributed by atoms with E-state index in [1.807, 2.05) is 30.3 Å². The summed E-state index contributed by atoms with van der Waals surface area (Å²) in [5, 5.41) is 10.6. The summed E-state index contributed by atoms with van der Waals surface area (Å²) in [5.74, 6) is -0.404. The van der Waals surface area contributed by atoms with Crippen LogP contribution in [0.3, 0.4) is 0 Å². The first kappa shape index (κ1) is 9.18. The average molecular weight is 193 g/mol. The summed E-state index contributed by atoms with van der Waals surface area (Å²) >= 11 is 0. The van der Waals surface area contributed by atoms with Crippen molar-refractivity contribution in [2.24, 2.45) is 0 Å². The van der Waals surface area contributed by atoms with Crippen molar-refractivity contribution in [1.82, 2.24) is 5.06 Å². The maximum absolute atomic E-state index is 11.2. The average Bonchev–Trinajstić information content (AvgIpc) is 2.47. The third-order valence-electron chi connectivity index (χ3n) is 2.25. The van der Waals surface area contributed by atoms with E-state index >= 15 is 0 Å². The number of aliphatic hydroxyl groups is 1. The summed E-state index contributed by atoms with van der Waals surface area (Å²) in [4.78, 5) is 16.4. The summed E-state index contributed by atoms with van der Waals surface area (Å²) < 4.78 is 0. The Morgan fingerprint density at radius 3 is 2.50 bits per heavy atom. The van der Waals surface area contributed by atoms with Crippen LogP contribution in [0.4, 0.5) is 0 Å². The van der Waals surface area contributed by atoms with E-state index in [0.29, 0.717) is 0 Å². The van der Waals surface area contributed by atoms with Crippen LogP contribution in [0.25, 0.3) is 0 Å². The summed E-state index contributed by atoms with van der Waals surface area (Å²) in [6.45, 7) is 0. The second-order valence-corrected chi connectivity index (χ2v) is 3.22. The van der Waals surface area contributed by atoms with Gasteiger partial charge in [0, 0.05) is 7.05 Å². The van der Waals surface area contributed by atoms with E-state index in [0.717, 1.165) is 10.6 Å². The summed E-state index contributed by atoms with van der Waals surface area (Å²) in [6, 6.07) is 9.19. The van der Waals surface area contributed by atoms with Gasteiger partial charge in [-0.05, 0) is 5.56 Å². The van der Waals surface area contributed by atoms with E-state index < -0.39 is 18.1 Å². The van der Waals surface area contributed by atoms with Crippen LogP contribution in [0, 0.1) is 0 Å². The van der Waals surface area contributed by atoms with Crippen LogP contribution in [0.15, 0.2) is 30.3 Å². The van der Waals surface area contributed by atoms with Crippen molar-refractivity contribution in [3.8, 4) is 0 Å². The topological polar surface area (TPSA) is 49.8 Å². The van der Waals surface area contributed by atoms with E-state index in [1.165, 1.54) is 7.05 Å². The second kappa shape index (κ2) is 3.40. The number of carbonyl (C=O) groups excluding carboxylic acids is 1. The first-order chi connectivity index (χ1) is 6.70. The number of likely N-dealkylation sites (N-methyl/N-ethyl adjacent to an activating group) is 1. The van der Waals surface area contributed by atoms with Gasteiger partial charge in [-0.2, -0.15) is 0 Å². The zero-order chi connectivity index (χ0) is 10.1. The lowest BCUT2D eigenvalue weighted by molar-refractivity contribution is -0.164. The lowest BCUT2D eigenvalue weighted by Crippen LogP contribution is -2.25. The van der Waals surface area contributed by atoms with Crippen molar-refractivity contribution >= 4 is 5.91 Å². The molecule has 0 aromatic heterocycles. The lowest BCUT2D eigenvalue weighted by Gasteiger charge is -2.11. The lowest BCUT2D eigenvalue weighted by atomic mass is 10.1. The quantitative estimate of drug-likeness (QED) is 0.706. The fraction of sp³-hybridized carbons (Fsp3) is 0.300. The van der Waals surface area contributed by atoms with Crippen LogP contribution in [-0.2, 0) is 9.63 Å². The Morgan fingerprint density at radius 1 is 1.36 bits per heavy atom. The Labute approximate surface area is 81.7 Å². The van der Waals surface area contributed by atoms with Gasteiger partial charge in [0.2, 0.25) is 0 Å². The molecule has 0 radical (unpaired) electrons. The fourth-order valence-corrected chi connectivity index (χ4v) is 1.48. The highest BCUT2D eigenvalue weighted by Crippen LogP contribution is 2.28. The molecule has 4 nitrogen and oxygen atoms in total. The Hall–Kier alpha value is -1.39. The molecule has 0 saturated carbocycles. The van der Waals surface area contributed by atoms with Gasteiger partial charge in [0.1, 0.15) is 6.10 Å². The fourth-order valence-electron chi connectivity index (χ4n) is 1.48. The third kappa shape index (κ3) is 1.38. The standard InChI is InChI=1S/C10H11NO3/c1-11-10(13)8(12)9(14-11)7-5-3-2-4-6-7/h2-6,8-9,12H,1H3/t8-,9-/m1/s1. The van der Waals surface area contributed by atoms with E-state index in [9.17, 15) is 9.90 Å². The number of hydrogen-bond donors (Lipinski definition) is 1. The van der Waals surface area contributed by atoms with Gasteiger partial charge in [-0.15, -0.1) is 0 Å². The molecule has 74 valence electrons. The molecule has 1 aromatic rings. The molecule has 1 aliphatic rings. The minimum absolute atomic E-state index is 0.404. The third-order valence-corrected chi connectivity index (χ3v) is 2.25. The van der Waals surface area contributed by atoms with Gasteiger partial charge in [0.15, 0.2) is 6.10 Å². The van der Waals surface area contributed by atoms with Crippen LogP contribution >= 0.6 is 0 Å². The SMILES string of the molecule is CN1O[C@H](c2ccccc2)[C@@H](O)C1=O. The minimum Gasteiger partial charge on any atom is -0.380 e. The van der Waals surface area contributed by atoms with Gasteiger partial charge >= 0.3 is 0 Å². The second-order valence-electron chi connectivity index (χ2n) is 3.22. The molecule has 1 fully saturated rings. The minimum atomic E-state index is -1.10. The van der Waals surface area contributed by atoms with Crippen molar-refractivity contribution in [2.75, 3.05) is 7.05 Å².